The normalized spacial score (nSPS) is 21.7. The van der Waals surface area contributed by atoms with Gasteiger partial charge < -0.3 is 24.4 Å². The van der Waals surface area contributed by atoms with Crippen LogP contribution in [0.3, 0.4) is 0 Å². The second kappa shape index (κ2) is 10.4. The second-order valence-corrected chi connectivity index (χ2v) is 5.93. The summed E-state index contributed by atoms with van der Waals surface area (Å²) in [6, 6.07) is 8.11. The van der Waals surface area contributed by atoms with Gasteiger partial charge >= 0.3 is 0 Å². The fourth-order valence-corrected chi connectivity index (χ4v) is 2.95. The van der Waals surface area contributed by atoms with Crippen LogP contribution >= 0.6 is 0 Å². The van der Waals surface area contributed by atoms with E-state index >= 15 is 0 Å². The molecule has 1 fully saturated rings. The zero-order chi connectivity index (χ0) is 16.3. The summed E-state index contributed by atoms with van der Waals surface area (Å²) in [5.74, 6) is 0.927. The number of methoxy groups -OCH3 is 1. The Bertz CT molecular complexity index is 471. The predicted octanol–water partition coefficient (Wildman–Crippen LogP) is -1.50. The molecule has 1 aromatic rings. The van der Waals surface area contributed by atoms with E-state index in [4.69, 9.17) is 14.6 Å². The molecule has 1 aliphatic heterocycles. The Balaban J connectivity index is 1.67. The first-order chi connectivity index (χ1) is 11.3. The molecule has 1 heterocycles. The van der Waals surface area contributed by atoms with E-state index in [0.717, 1.165) is 31.0 Å². The van der Waals surface area contributed by atoms with Crippen LogP contribution in [-0.2, 0) is 4.74 Å². The van der Waals surface area contributed by atoms with Gasteiger partial charge in [0.2, 0.25) is 0 Å². The second-order valence-electron chi connectivity index (χ2n) is 5.93. The molecule has 1 aliphatic rings. The Labute approximate surface area is 139 Å². The molecular formula is C18H30N2O3+2. The quantitative estimate of drug-likeness (QED) is 0.485. The fourth-order valence-electron chi connectivity index (χ4n) is 2.95. The first-order valence-corrected chi connectivity index (χ1v) is 8.48. The maximum atomic E-state index is 8.69. The molecule has 5 nitrogen and oxygen atoms in total. The molecular weight excluding hydrogens is 292 g/mol. The number of aliphatic hydroxyl groups is 1. The van der Waals surface area contributed by atoms with E-state index in [9.17, 15) is 0 Å². The average molecular weight is 322 g/mol. The first-order valence-electron chi connectivity index (χ1n) is 8.48. The zero-order valence-corrected chi connectivity index (χ0v) is 14.1. The van der Waals surface area contributed by atoms with Gasteiger partial charge in [-0.15, -0.1) is 0 Å². The van der Waals surface area contributed by atoms with Gasteiger partial charge in [-0.25, -0.2) is 0 Å². The van der Waals surface area contributed by atoms with E-state index in [1.807, 2.05) is 18.2 Å². The van der Waals surface area contributed by atoms with Crippen molar-refractivity contribution in [2.24, 2.45) is 0 Å². The van der Waals surface area contributed by atoms with E-state index < -0.39 is 0 Å². The third-order valence-electron chi connectivity index (χ3n) is 4.34. The number of hydrogen-bond acceptors (Lipinski definition) is 3. The van der Waals surface area contributed by atoms with Gasteiger partial charge in [-0.3, -0.25) is 0 Å². The maximum Gasteiger partial charge on any atom is 0.127 e. The van der Waals surface area contributed by atoms with E-state index in [0.29, 0.717) is 6.61 Å². The van der Waals surface area contributed by atoms with Crippen LogP contribution in [-0.4, -0.2) is 71.3 Å². The van der Waals surface area contributed by atoms with Crippen molar-refractivity contribution in [3.8, 4) is 5.75 Å². The highest BCUT2D eigenvalue weighted by molar-refractivity contribution is 5.57. The Morgan fingerprint density at radius 1 is 1.09 bits per heavy atom. The zero-order valence-electron chi connectivity index (χ0n) is 14.1. The summed E-state index contributed by atoms with van der Waals surface area (Å²) < 4.78 is 10.7. The molecule has 1 saturated heterocycles. The molecule has 5 heteroatoms. The average Bonchev–Trinajstić information content (AvgIpc) is 2.60. The molecule has 0 spiro atoms. The lowest BCUT2D eigenvalue weighted by atomic mass is 10.2. The van der Waals surface area contributed by atoms with Crippen molar-refractivity contribution in [1.82, 2.24) is 0 Å². The molecule has 0 aromatic heterocycles. The first kappa shape index (κ1) is 17.9. The van der Waals surface area contributed by atoms with Crippen molar-refractivity contribution >= 4 is 6.08 Å². The molecule has 128 valence electrons. The minimum atomic E-state index is 0.117. The number of hydrogen-bond donors (Lipinski definition) is 3. The predicted molar refractivity (Wildman–Crippen MR) is 91.1 cm³/mol. The lowest BCUT2D eigenvalue weighted by Gasteiger charge is -2.29. The SMILES string of the molecule is COc1ccccc1/C=C/C[NH+]1CC[NH+](CCOCCO)CC1. The Hall–Kier alpha value is -1.40. The van der Waals surface area contributed by atoms with E-state index in [1.54, 1.807) is 16.9 Å². The summed E-state index contributed by atoms with van der Waals surface area (Å²) in [6.45, 7) is 8.22. The molecule has 0 bridgehead atoms. The number of piperazine rings is 1. The van der Waals surface area contributed by atoms with Gasteiger partial charge in [0.25, 0.3) is 0 Å². The summed E-state index contributed by atoms with van der Waals surface area (Å²) in [5, 5.41) is 8.69. The Morgan fingerprint density at radius 3 is 2.57 bits per heavy atom. The van der Waals surface area contributed by atoms with Crippen LogP contribution < -0.4 is 14.5 Å². The van der Waals surface area contributed by atoms with Crippen LogP contribution in [0.2, 0.25) is 0 Å². The van der Waals surface area contributed by atoms with E-state index in [1.165, 1.54) is 26.2 Å². The van der Waals surface area contributed by atoms with Crippen molar-refractivity contribution in [3.63, 3.8) is 0 Å². The minimum Gasteiger partial charge on any atom is -0.496 e. The monoisotopic (exact) mass is 322 g/mol. The number of para-hydroxylation sites is 1. The lowest BCUT2D eigenvalue weighted by Crippen LogP contribution is -3.28. The topological polar surface area (TPSA) is 47.6 Å². The number of rotatable bonds is 9. The van der Waals surface area contributed by atoms with E-state index in [-0.39, 0.29) is 6.61 Å². The summed E-state index contributed by atoms with van der Waals surface area (Å²) in [4.78, 5) is 3.25. The lowest BCUT2D eigenvalue weighted by molar-refractivity contribution is -1.01. The largest absolute Gasteiger partial charge is 0.496 e. The Morgan fingerprint density at radius 2 is 1.83 bits per heavy atom. The molecule has 0 amide bonds. The highest BCUT2D eigenvalue weighted by Crippen LogP contribution is 2.18. The van der Waals surface area contributed by atoms with Crippen LogP contribution in [0.5, 0.6) is 5.75 Å². The molecule has 2 rings (SSSR count). The molecule has 0 radical (unpaired) electrons. The molecule has 0 atom stereocenters. The van der Waals surface area contributed by atoms with Gasteiger partial charge in [-0.1, -0.05) is 18.2 Å². The number of nitrogens with one attached hydrogen (secondary N) is 2. The highest BCUT2D eigenvalue weighted by Gasteiger charge is 2.21. The van der Waals surface area contributed by atoms with Crippen LogP contribution in [0.25, 0.3) is 6.08 Å². The van der Waals surface area contributed by atoms with Gasteiger partial charge in [0, 0.05) is 5.56 Å². The highest BCUT2D eigenvalue weighted by atomic mass is 16.5. The molecule has 0 saturated carbocycles. The molecule has 3 N–H and O–H groups in total. The van der Waals surface area contributed by atoms with Crippen molar-refractivity contribution in [1.29, 1.82) is 0 Å². The molecule has 0 aliphatic carbocycles. The smallest absolute Gasteiger partial charge is 0.127 e. The summed E-state index contributed by atoms with van der Waals surface area (Å²) >= 11 is 0. The third kappa shape index (κ3) is 6.31. The van der Waals surface area contributed by atoms with Gasteiger partial charge in [-0.05, 0) is 18.2 Å². The van der Waals surface area contributed by atoms with Crippen LogP contribution in [0.1, 0.15) is 5.56 Å². The van der Waals surface area contributed by atoms with Crippen LogP contribution in [0.15, 0.2) is 30.3 Å². The van der Waals surface area contributed by atoms with Gasteiger partial charge in [0.15, 0.2) is 0 Å². The minimum absolute atomic E-state index is 0.117. The molecule has 23 heavy (non-hydrogen) atoms. The van der Waals surface area contributed by atoms with Crippen LogP contribution in [0.4, 0.5) is 0 Å². The summed E-state index contributed by atoms with van der Waals surface area (Å²) in [5.41, 5.74) is 1.14. The van der Waals surface area contributed by atoms with Crippen LogP contribution in [0, 0.1) is 0 Å². The Kier molecular flexibility index (Phi) is 8.11. The summed E-state index contributed by atoms with van der Waals surface area (Å²) in [7, 11) is 1.71. The maximum absolute atomic E-state index is 8.69. The number of benzene rings is 1. The third-order valence-corrected chi connectivity index (χ3v) is 4.34. The number of ether oxygens (including phenoxy) is 2. The molecule has 1 aromatic carbocycles. The number of aliphatic hydroxyl groups excluding tert-OH is 1. The van der Waals surface area contributed by atoms with Crippen molar-refractivity contribution < 1.29 is 24.4 Å². The van der Waals surface area contributed by atoms with Gasteiger partial charge in [-0.2, -0.15) is 0 Å². The van der Waals surface area contributed by atoms with Gasteiger partial charge in [0.1, 0.15) is 38.5 Å². The summed E-state index contributed by atoms with van der Waals surface area (Å²) in [6.07, 6.45) is 4.41. The fraction of sp³-hybridized carbons (Fsp3) is 0.556. The van der Waals surface area contributed by atoms with Crippen molar-refractivity contribution in [3.05, 3.63) is 35.9 Å². The van der Waals surface area contributed by atoms with Crippen molar-refractivity contribution in [2.45, 2.75) is 0 Å². The number of quaternary nitrogens is 2. The standard InChI is InChI=1S/C18H28N2O3/c1-22-18-7-3-2-5-17(18)6-4-8-19-9-11-20(12-10-19)13-15-23-16-14-21/h2-7,21H,8-16H2,1H3/p+2/b6-4+. The van der Waals surface area contributed by atoms with Crippen molar-refractivity contribution in [2.75, 3.05) is 66.2 Å². The molecule has 0 unspecified atom stereocenters. The van der Waals surface area contributed by atoms with Gasteiger partial charge in [0.05, 0.1) is 33.5 Å². The van der Waals surface area contributed by atoms with E-state index in [2.05, 4.69) is 18.2 Å².